The maximum absolute atomic E-state index is 14.3. The van der Waals surface area contributed by atoms with Crippen LogP contribution in [-0.4, -0.2) is 62.3 Å². The molecule has 2 fully saturated rings. The number of nitrogens with one attached hydrogen (secondary N) is 1. The second kappa shape index (κ2) is 11.9. The smallest absolute Gasteiger partial charge is 0.317 e. The summed E-state index contributed by atoms with van der Waals surface area (Å²) in [6.45, 7) is 1.98. The molecule has 216 valence electrons. The SMILES string of the molecule is C[C@]1(CP(=O)(NCCOC(=O)C2CCCCC2)Oc2ccccc2)C[C@@H](c2ccc3c(N)ncnn23)[C@H](O)[C@@H]1O. The van der Waals surface area contributed by atoms with Crippen LogP contribution in [0.3, 0.4) is 0 Å². The third-order valence-electron chi connectivity index (χ3n) is 8.23. The average molecular weight is 572 g/mol. The molecule has 2 aromatic heterocycles. The molecule has 5 N–H and O–H groups in total. The van der Waals surface area contributed by atoms with Gasteiger partial charge in [0.1, 0.15) is 24.2 Å². The van der Waals surface area contributed by atoms with Crippen molar-refractivity contribution in [2.75, 3.05) is 25.0 Å². The molecule has 3 aromatic rings. The minimum Gasteiger partial charge on any atom is -0.464 e. The highest BCUT2D eigenvalue weighted by Crippen LogP contribution is 2.56. The number of fused-ring (bicyclic) bond motifs is 1. The fourth-order valence-corrected chi connectivity index (χ4v) is 8.54. The van der Waals surface area contributed by atoms with Crippen molar-refractivity contribution < 1.29 is 28.8 Å². The number of hydrogen-bond acceptors (Lipinski definition) is 9. The maximum atomic E-state index is 14.3. The molecule has 0 bridgehead atoms. The number of benzene rings is 1. The third kappa shape index (κ3) is 6.02. The van der Waals surface area contributed by atoms with E-state index in [9.17, 15) is 19.6 Å². The number of nitrogen functional groups attached to an aromatic ring is 1. The minimum atomic E-state index is -3.64. The number of para-hydroxylation sites is 1. The summed E-state index contributed by atoms with van der Waals surface area (Å²) in [5, 5.41) is 29.7. The molecule has 2 aliphatic rings. The highest BCUT2D eigenvalue weighted by Gasteiger charge is 2.54. The molecule has 5 rings (SSSR count). The van der Waals surface area contributed by atoms with E-state index in [-0.39, 0.29) is 31.2 Å². The van der Waals surface area contributed by atoms with Gasteiger partial charge in [-0.25, -0.2) is 14.6 Å². The predicted molar refractivity (Wildman–Crippen MR) is 150 cm³/mol. The van der Waals surface area contributed by atoms with Crippen LogP contribution in [0.15, 0.2) is 48.8 Å². The summed E-state index contributed by atoms with van der Waals surface area (Å²) in [6, 6.07) is 12.4. The molecule has 11 nitrogen and oxygen atoms in total. The van der Waals surface area contributed by atoms with Gasteiger partial charge in [0.25, 0.3) is 0 Å². The first-order chi connectivity index (χ1) is 19.2. The van der Waals surface area contributed by atoms with E-state index in [4.69, 9.17) is 15.0 Å². The summed E-state index contributed by atoms with van der Waals surface area (Å²) in [5.41, 5.74) is 6.30. The Morgan fingerprint density at radius 2 is 1.93 bits per heavy atom. The zero-order valence-corrected chi connectivity index (χ0v) is 23.6. The third-order valence-corrected chi connectivity index (χ3v) is 10.6. The van der Waals surface area contributed by atoms with E-state index in [1.807, 2.05) is 12.1 Å². The van der Waals surface area contributed by atoms with Crippen LogP contribution in [-0.2, 0) is 14.1 Å². The van der Waals surface area contributed by atoms with Gasteiger partial charge in [0.05, 0.1) is 24.3 Å². The van der Waals surface area contributed by atoms with E-state index in [0.29, 0.717) is 29.2 Å². The highest BCUT2D eigenvalue weighted by atomic mass is 31.2. The van der Waals surface area contributed by atoms with Gasteiger partial charge in [-0.3, -0.25) is 9.36 Å². The number of hydrogen-bond donors (Lipinski definition) is 4. The van der Waals surface area contributed by atoms with E-state index in [2.05, 4.69) is 15.2 Å². The summed E-state index contributed by atoms with van der Waals surface area (Å²) in [7, 11) is -3.64. The van der Waals surface area contributed by atoms with Crippen LogP contribution < -0.4 is 15.3 Å². The van der Waals surface area contributed by atoms with E-state index in [1.54, 1.807) is 41.8 Å². The van der Waals surface area contributed by atoms with Gasteiger partial charge < -0.3 is 25.2 Å². The number of nitrogens with zero attached hydrogens (tertiary/aromatic N) is 3. The Hall–Kier alpha value is -2.98. The molecule has 1 unspecified atom stereocenters. The molecule has 1 aromatic carbocycles. The van der Waals surface area contributed by atoms with Crippen LogP contribution in [0, 0.1) is 11.3 Å². The number of esters is 1. The molecular formula is C28H38N5O6P. The number of nitrogens with two attached hydrogens (primary N) is 1. The topological polar surface area (TPSA) is 161 Å². The number of aliphatic hydroxyl groups excluding tert-OH is 2. The molecule has 0 aliphatic heterocycles. The Labute approximate surface area is 233 Å². The second-order valence-corrected chi connectivity index (χ2v) is 13.4. The fourth-order valence-electron chi connectivity index (χ4n) is 6.14. The summed E-state index contributed by atoms with van der Waals surface area (Å²) in [6.07, 6.45) is 4.21. The van der Waals surface area contributed by atoms with Gasteiger partial charge in [0, 0.05) is 23.6 Å². The Kier molecular flexibility index (Phi) is 8.47. The van der Waals surface area contributed by atoms with Crippen LogP contribution in [0.2, 0.25) is 0 Å². The number of carbonyl (C=O) groups excluding carboxylic acids is 1. The van der Waals surface area contributed by atoms with Crippen molar-refractivity contribution in [3.8, 4) is 5.75 Å². The van der Waals surface area contributed by atoms with Gasteiger partial charge in [0.2, 0.25) is 0 Å². The lowest BCUT2D eigenvalue weighted by Gasteiger charge is -2.33. The molecule has 0 radical (unpaired) electrons. The predicted octanol–water partition coefficient (Wildman–Crippen LogP) is 3.51. The lowest BCUT2D eigenvalue weighted by molar-refractivity contribution is -0.149. The van der Waals surface area contributed by atoms with Crippen molar-refractivity contribution in [1.29, 1.82) is 0 Å². The van der Waals surface area contributed by atoms with Crippen LogP contribution in [0.4, 0.5) is 5.82 Å². The van der Waals surface area contributed by atoms with Gasteiger partial charge in [0.15, 0.2) is 5.82 Å². The molecule has 0 saturated heterocycles. The first-order valence-electron chi connectivity index (χ1n) is 13.9. The number of ether oxygens (including phenoxy) is 1. The van der Waals surface area contributed by atoms with Gasteiger partial charge in [-0.2, -0.15) is 5.10 Å². The number of aliphatic hydroxyl groups is 2. The number of anilines is 1. The summed E-state index contributed by atoms with van der Waals surface area (Å²) < 4.78 is 27.4. The lowest BCUT2D eigenvalue weighted by atomic mass is 9.88. The standard InChI is InChI=1S/C28H38N5O6P/c1-28(16-21(24(34)25(28)35)22-12-13-23-26(29)30-18-31-33(22)23)17-40(37,39-20-10-6-3-7-11-20)32-14-15-38-27(36)19-8-4-2-5-9-19/h3,6-7,10-13,18-19,21,24-25,34-35H,2,4-5,8-9,14-17H2,1H3,(H,32,37)(H2,29,30,31)/t21-,24-,25-,28+,40?/m0/s1. The zero-order chi connectivity index (χ0) is 28.3. The van der Waals surface area contributed by atoms with Gasteiger partial charge in [-0.15, -0.1) is 0 Å². The largest absolute Gasteiger partial charge is 0.464 e. The van der Waals surface area contributed by atoms with Crippen molar-refractivity contribution in [1.82, 2.24) is 19.7 Å². The molecule has 12 heteroatoms. The number of rotatable bonds is 10. The van der Waals surface area contributed by atoms with Gasteiger partial charge in [-0.1, -0.05) is 44.4 Å². The molecule has 2 heterocycles. The maximum Gasteiger partial charge on any atom is 0.317 e. The van der Waals surface area contributed by atoms with Crippen molar-refractivity contribution in [2.24, 2.45) is 11.3 Å². The monoisotopic (exact) mass is 571 g/mol. The van der Waals surface area contributed by atoms with Gasteiger partial charge >= 0.3 is 13.5 Å². The molecule has 0 spiro atoms. The molecule has 0 amide bonds. The Morgan fingerprint density at radius 3 is 2.67 bits per heavy atom. The highest BCUT2D eigenvalue weighted by molar-refractivity contribution is 7.57. The summed E-state index contributed by atoms with van der Waals surface area (Å²) in [5.74, 6) is -0.0498. The Balaban J connectivity index is 1.31. The van der Waals surface area contributed by atoms with Crippen molar-refractivity contribution in [3.63, 3.8) is 0 Å². The van der Waals surface area contributed by atoms with Crippen LogP contribution in [0.25, 0.3) is 5.52 Å². The first-order valence-corrected chi connectivity index (χ1v) is 15.7. The summed E-state index contributed by atoms with van der Waals surface area (Å²) >= 11 is 0. The van der Waals surface area contributed by atoms with E-state index in [0.717, 1.165) is 32.1 Å². The Morgan fingerprint density at radius 1 is 1.18 bits per heavy atom. The molecule has 2 saturated carbocycles. The zero-order valence-electron chi connectivity index (χ0n) is 22.7. The Bertz CT molecular complexity index is 1360. The second-order valence-electron chi connectivity index (χ2n) is 11.2. The summed E-state index contributed by atoms with van der Waals surface area (Å²) in [4.78, 5) is 16.5. The van der Waals surface area contributed by atoms with E-state index in [1.165, 1.54) is 6.33 Å². The van der Waals surface area contributed by atoms with Crippen molar-refractivity contribution in [3.05, 3.63) is 54.5 Å². The molecule has 40 heavy (non-hydrogen) atoms. The molecule has 5 atom stereocenters. The molecule has 2 aliphatic carbocycles. The molecular weight excluding hydrogens is 533 g/mol. The van der Waals surface area contributed by atoms with Crippen LogP contribution in [0.5, 0.6) is 5.75 Å². The van der Waals surface area contributed by atoms with Crippen molar-refractivity contribution >= 4 is 24.8 Å². The van der Waals surface area contributed by atoms with Gasteiger partial charge in [-0.05, 0) is 43.5 Å². The van der Waals surface area contributed by atoms with Crippen molar-refractivity contribution in [2.45, 2.75) is 63.6 Å². The minimum absolute atomic E-state index is 0.0548. The normalized spacial score (nSPS) is 26.9. The van der Waals surface area contributed by atoms with E-state index >= 15 is 0 Å². The number of carbonyl (C=O) groups is 1. The quantitative estimate of drug-likeness (QED) is 0.161. The lowest BCUT2D eigenvalue weighted by Crippen LogP contribution is -2.39. The number of aromatic nitrogens is 3. The average Bonchev–Trinajstić information content (AvgIpc) is 3.47. The fraction of sp³-hybridized carbons (Fsp3) is 0.536. The van der Waals surface area contributed by atoms with E-state index < -0.39 is 31.1 Å². The first kappa shape index (κ1) is 28.5. The van der Waals surface area contributed by atoms with Crippen LogP contribution >= 0.6 is 7.52 Å². The van der Waals surface area contributed by atoms with Crippen LogP contribution in [0.1, 0.15) is 57.1 Å².